The van der Waals surface area contributed by atoms with E-state index in [-0.39, 0.29) is 11.6 Å². The molecule has 3 rings (SSSR count). The molecule has 0 aliphatic carbocycles. The maximum absolute atomic E-state index is 12.6. The molecule has 23 heavy (non-hydrogen) atoms. The van der Waals surface area contributed by atoms with Crippen molar-refractivity contribution in [3.8, 4) is 16.3 Å². The molecule has 0 bridgehead atoms. The molecule has 2 aromatic rings. The van der Waals surface area contributed by atoms with Crippen molar-refractivity contribution in [3.63, 3.8) is 0 Å². The lowest BCUT2D eigenvalue weighted by molar-refractivity contribution is 0.0694. The summed E-state index contributed by atoms with van der Waals surface area (Å²) in [5.74, 6) is -0.740. The van der Waals surface area contributed by atoms with E-state index < -0.39 is 11.2 Å². The molecule has 122 valence electrons. The van der Waals surface area contributed by atoms with Gasteiger partial charge in [-0.05, 0) is 6.42 Å². The van der Waals surface area contributed by atoms with Gasteiger partial charge in [0.25, 0.3) is 5.91 Å². The minimum absolute atomic E-state index is 0.0954. The second kappa shape index (κ2) is 6.54. The highest BCUT2D eigenvalue weighted by Crippen LogP contribution is 2.26. The average Bonchev–Trinajstić information content (AvgIpc) is 3.07. The molecule has 3 heterocycles. The van der Waals surface area contributed by atoms with E-state index >= 15 is 0 Å². The number of rotatable bonds is 5. The summed E-state index contributed by atoms with van der Waals surface area (Å²) in [6.45, 7) is 3.93. The standard InChI is InChI=1S/C16H19N3O3S/c1-2-3-4-6-18-7-8-19-10-11(15-17-5-9-23-15)13(20)14(21)12(19)16(18)22/h5,9-10,21H,2-4,6-8H2,1H3. The fourth-order valence-electron chi connectivity index (χ4n) is 2.81. The molecule has 1 aliphatic heterocycles. The molecule has 0 fully saturated rings. The number of fused-ring (bicyclic) bond motifs is 1. The molecule has 0 radical (unpaired) electrons. The first kappa shape index (κ1) is 15.7. The van der Waals surface area contributed by atoms with E-state index in [9.17, 15) is 14.7 Å². The van der Waals surface area contributed by atoms with E-state index in [2.05, 4.69) is 11.9 Å². The van der Waals surface area contributed by atoms with Gasteiger partial charge in [-0.15, -0.1) is 11.3 Å². The molecule has 0 unspecified atom stereocenters. The number of carbonyl (C=O) groups excluding carboxylic acids is 1. The summed E-state index contributed by atoms with van der Waals surface area (Å²) in [5, 5.41) is 12.6. The van der Waals surface area contributed by atoms with Crippen LogP contribution in [0, 0.1) is 0 Å². The Morgan fingerprint density at radius 2 is 2.13 bits per heavy atom. The zero-order valence-corrected chi connectivity index (χ0v) is 13.8. The fraction of sp³-hybridized carbons (Fsp3) is 0.438. The van der Waals surface area contributed by atoms with Crippen LogP contribution in [0.2, 0.25) is 0 Å². The lowest BCUT2D eigenvalue weighted by Crippen LogP contribution is -2.42. The molecule has 6 nitrogen and oxygen atoms in total. The van der Waals surface area contributed by atoms with Crippen molar-refractivity contribution < 1.29 is 9.90 Å². The maximum Gasteiger partial charge on any atom is 0.274 e. The summed E-state index contributed by atoms with van der Waals surface area (Å²) in [6.07, 6.45) is 6.33. The van der Waals surface area contributed by atoms with Crippen LogP contribution >= 0.6 is 11.3 Å². The number of carbonyl (C=O) groups is 1. The predicted octanol–water partition coefficient (Wildman–Crippen LogP) is 2.32. The minimum Gasteiger partial charge on any atom is -0.503 e. The Hall–Kier alpha value is -2.15. The Kier molecular flexibility index (Phi) is 4.47. The fourth-order valence-corrected chi connectivity index (χ4v) is 3.45. The molecular weight excluding hydrogens is 314 g/mol. The minimum atomic E-state index is -0.532. The van der Waals surface area contributed by atoms with Crippen LogP contribution in [0.3, 0.4) is 0 Å². The average molecular weight is 333 g/mol. The number of pyridine rings is 1. The number of unbranched alkanes of at least 4 members (excludes halogenated alkanes) is 2. The van der Waals surface area contributed by atoms with E-state index in [0.717, 1.165) is 19.3 Å². The maximum atomic E-state index is 12.6. The van der Waals surface area contributed by atoms with E-state index in [1.54, 1.807) is 27.2 Å². The van der Waals surface area contributed by atoms with Gasteiger partial charge in [0.2, 0.25) is 5.43 Å². The third-order valence-electron chi connectivity index (χ3n) is 4.05. The van der Waals surface area contributed by atoms with Gasteiger partial charge >= 0.3 is 0 Å². The van der Waals surface area contributed by atoms with Crippen molar-refractivity contribution in [2.24, 2.45) is 0 Å². The van der Waals surface area contributed by atoms with Crippen LogP contribution in [-0.2, 0) is 6.54 Å². The number of hydrogen-bond donors (Lipinski definition) is 1. The summed E-state index contributed by atoms with van der Waals surface area (Å²) in [7, 11) is 0. The second-order valence-corrected chi connectivity index (χ2v) is 6.49. The van der Waals surface area contributed by atoms with Gasteiger partial charge in [-0.2, -0.15) is 0 Å². The molecule has 1 amide bonds. The lowest BCUT2D eigenvalue weighted by Gasteiger charge is -2.30. The zero-order valence-electron chi connectivity index (χ0n) is 13.0. The van der Waals surface area contributed by atoms with Crippen LogP contribution in [0.1, 0.15) is 36.7 Å². The van der Waals surface area contributed by atoms with Crippen LogP contribution in [0.5, 0.6) is 5.75 Å². The molecule has 0 spiro atoms. The first-order valence-electron chi connectivity index (χ1n) is 7.79. The molecular formula is C16H19N3O3S. The number of hydrogen-bond acceptors (Lipinski definition) is 5. The topological polar surface area (TPSA) is 75.4 Å². The first-order valence-corrected chi connectivity index (χ1v) is 8.67. The lowest BCUT2D eigenvalue weighted by atomic mass is 10.1. The number of nitrogens with zero attached hydrogens (tertiary/aromatic N) is 3. The van der Waals surface area contributed by atoms with Gasteiger partial charge in [-0.1, -0.05) is 19.8 Å². The van der Waals surface area contributed by atoms with Gasteiger partial charge in [0.05, 0.1) is 5.56 Å². The number of thiazole rings is 1. The van der Waals surface area contributed by atoms with Gasteiger partial charge in [0, 0.05) is 37.4 Å². The summed E-state index contributed by atoms with van der Waals surface area (Å²) >= 11 is 1.33. The van der Waals surface area contributed by atoms with Crippen molar-refractivity contribution in [3.05, 3.63) is 33.7 Å². The van der Waals surface area contributed by atoms with Gasteiger partial charge in [-0.3, -0.25) is 9.59 Å². The monoisotopic (exact) mass is 333 g/mol. The summed E-state index contributed by atoms with van der Waals surface area (Å²) in [4.78, 5) is 30.8. The van der Waals surface area contributed by atoms with Crippen LogP contribution in [0.15, 0.2) is 22.6 Å². The van der Waals surface area contributed by atoms with E-state index in [1.165, 1.54) is 11.3 Å². The van der Waals surface area contributed by atoms with Crippen molar-refractivity contribution >= 4 is 17.2 Å². The Morgan fingerprint density at radius 1 is 1.30 bits per heavy atom. The Balaban J connectivity index is 1.96. The van der Waals surface area contributed by atoms with Gasteiger partial charge in [-0.25, -0.2) is 4.98 Å². The van der Waals surface area contributed by atoms with Crippen LogP contribution in [0.25, 0.3) is 10.6 Å². The van der Waals surface area contributed by atoms with Crippen LogP contribution in [0.4, 0.5) is 0 Å². The van der Waals surface area contributed by atoms with Gasteiger partial charge in [0.15, 0.2) is 11.4 Å². The van der Waals surface area contributed by atoms with Crippen molar-refractivity contribution in [2.75, 3.05) is 13.1 Å². The predicted molar refractivity (Wildman–Crippen MR) is 88.9 cm³/mol. The van der Waals surface area contributed by atoms with Crippen LogP contribution < -0.4 is 5.43 Å². The van der Waals surface area contributed by atoms with Crippen LogP contribution in [-0.4, -0.2) is 38.6 Å². The normalized spacial score (nSPS) is 14.1. The summed E-state index contributed by atoms with van der Waals surface area (Å²) < 4.78 is 1.67. The van der Waals surface area contributed by atoms with E-state index in [4.69, 9.17) is 0 Å². The van der Waals surface area contributed by atoms with Crippen molar-refractivity contribution in [1.82, 2.24) is 14.5 Å². The third-order valence-corrected chi connectivity index (χ3v) is 4.86. The van der Waals surface area contributed by atoms with Gasteiger partial charge in [0.1, 0.15) is 5.01 Å². The molecule has 0 aromatic carbocycles. The molecule has 1 N–H and O–H groups in total. The summed E-state index contributed by atoms with van der Waals surface area (Å²) in [6, 6.07) is 0. The molecule has 0 atom stereocenters. The second-order valence-electron chi connectivity index (χ2n) is 5.60. The Morgan fingerprint density at radius 3 is 2.83 bits per heavy atom. The Bertz CT molecular complexity index is 768. The number of aromatic nitrogens is 2. The van der Waals surface area contributed by atoms with E-state index in [1.807, 2.05) is 0 Å². The molecule has 7 heteroatoms. The van der Waals surface area contributed by atoms with Gasteiger partial charge < -0.3 is 14.6 Å². The molecule has 0 saturated carbocycles. The smallest absolute Gasteiger partial charge is 0.274 e. The molecule has 2 aromatic heterocycles. The highest BCUT2D eigenvalue weighted by Gasteiger charge is 2.29. The number of amides is 1. The highest BCUT2D eigenvalue weighted by molar-refractivity contribution is 7.13. The molecule has 1 aliphatic rings. The molecule has 0 saturated heterocycles. The quantitative estimate of drug-likeness (QED) is 0.852. The Labute approximate surface area is 138 Å². The van der Waals surface area contributed by atoms with Crippen molar-refractivity contribution in [2.45, 2.75) is 32.7 Å². The third kappa shape index (κ3) is 2.88. The zero-order chi connectivity index (χ0) is 16.4. The first-order chi connectivity index (χ1) is 11.1. The van der Waals surface area contributed by atoms with E-state index in [0.29, 0.717) is 30.2 Å². The van der Waals surface area contributed by atoms with Crippen molar-refractivity contribution in [1.29, 1.82) is 0 Å². The SMILES string of the molecule is CCCCCN1CCn2cc(-c3nccs3)c(=O)c(O)c2C1=O. The highest BCUT2D eigenvalue weighted by atomic mass is 32.1. The number of aromatic hydroxyl groups is 1. The largest absolute Gasteiger partial charge is 0.503 e. The summed E-state index contributed by atoms with van der Waals surface area (Å²) in [5.41, 5.74) is -0.0958.